The number of hydrogen-bond donors (Lipinski definition) is 0. The fraction of sp³-hybridized carbons (Fsp3) is 0.136. The molecule has 164 valence electrons. The van der Waals surface area contributed by atoms with Gasteiger partial charge in [0.05, 0.1) is 18.5 Å². The summed E-state index contributed by atoms with van der Waals surface area (Å²) in [7, 11) is 1.51. The van der Waals surface area contributed by atoms with Crippen LogP contribution in [-0.4, -0.2) is 27.8 Å². The minimum Gasteiger partial charge on any atom is -0.497 e. The molecule has 0 saturated heterocycles. The highest BCUT2D eigenvalue weighted by molar-refractivity contribution is 7.12. The molecule has 4 aromatic rings. The first-order chi connectivity index (χ1) is 15.2. The predicted molar refractivity (Wildman–Crippen MR) is 113 cm³/mol. The van der Waals surface area contributed by atoms with E-state index in [9.17, 15) is 18.0 Å². The van der Waals surface area contributed by atoms with Crippen LogP contribution in [0.25, 0.3) is 27.6 Å². The van der Waals surface area contributed by atoms with Gasteiger partial charge in [-0.1, -0.05) is 0 Å². The van der Waals surface area contributed by atoms with E-state index in [1.54, 1.807) is 53.9 Å². The summed E-state index contributed by atoms with van der Waals surface area (Å²) >= 11 is 1.04. The number of esters is 1. The fourth-order valence-electron chi connectivity index (χ4n) is 2.99. The van der Waals surface area contributed by atoms with Gasteiger partial charge in [-0.25, -0.2) is 9.67 Å². The molecule has 2 aromatic carbocycles. The van der Waals surface area contributed by atoms with Gasteiger partial charge in [0.25, 0.3) is 0 Å². The standard InChI is InChI=1S/C22H16F3N3O3S/c1-13(29)31-17-9-5-15(6-10-17)19-12-32-21(26-19)28-20(22(23,24)25)11-18(27-28)14-3-7-16(30-2)8-4-14/h3-12H,1-2H3. The topological polar surface area (TPSA) is 66.2 Å². The molecule has 10 heteroatoms. The van der Waals surface area contributed by atoms with Gasteiger partial charge >= 0.3 is 12.1 Å². The van der Waals surface area contributed by atoms with E-state index in [4.69, 9.17) is 9.47 Å². The molecule has 32 heavy (non-hydrogen) atoms. The summed E-state index contributed by atoms with van der Waals surface area (Å²) in [5.74, 6) is 0.514. The van der Waals surface area contributed by atoms with Gasteiger partial charge in [-0.3, -0.25) is 4.79 Å². The van der Waals surface area contributed by atoms with Crippen LogP contribution in [0.1, 0.15) is 12.6 Å². The summed E-state index contributed by atoms with van der Waals surface area (Å²) in [5, 5.41) is 5.90. The number of rotatable bonds is 5. The number of methoxy groups -OCH3 is 1. The van der Waals surface area contributed by atoms with Crippen molar-refractivity contribution in [2.45, 2.75) is 13.1 Å². The Kier molecular flexibility index (Phi) is 5.70. The van der Waals surface area contributed by atoms with Gasteiger partial charge in [0.1, 0.15) is 11.5 Å². The second-order valence-corrected chi connectivity index (χ2v) is 7.52. The molecule has 0 aliphatic carbocycles. The molecule has 4 rings (SSSR count). The van der Waals surface area contributed by atoms with Gasteiger partial charge in [0.15, 0.2) is 5.69 Å². The summed E-state index contributed by atoms with van der Waals surface area (Å²) in [5.41, 5.74) is 0.915. The molecule has 0 radical (unpaired) electrons. The number of halogens is 3. The van der Waals surface area contributed by atoms with Crippen molar-refractivity contribution in [1.82, 2.24) is 14.8 Å². The third-order valence-electron chi connectivity index (χ3n) is 4.47. The normalized spacial score (nSPS) is 11.4. The van der Waals surface area contributed by atoms with Crippen LogP contribution in [-0.2, 0) is 11.0 Å². The molecule has 2 aromatic heterocycles. The van der Waals surface area contributed by atoms with Crippen molar-refractivity contribution < 1.29 is 27.4 Å². The summed E-state index contributed by atoms with van der Waals surface area (Å²) in [4.78, 5) is 15.4. The third kappa shape index (κ3) is 4.50. The van der Waals surface area contributed by atoms with Crippen LogP contribution in [0, 0.1) is 0 Å². The Labute approximate surface area is 184 Å². The van der Waals surface area contributed by atoms with E-state index in [2.05, 4.69) is 10.1 Å². The molecule has 0 aliphatic heterocycles. The Morgan fingerprint density at radius 2 is 1.56 bits per heavy atom. The van der Waals surface area contributed by atoms with Crippen LogP contribution in [0.3, 0.4) is 0 Å². The van der Waals surface area contributed by atoms with Crippen molar-refractivity contribution in [2.75, 3.05) is 7.11 Å². The van der Waals surface area contributed by atoms with E-state index in [1.165, 1.54) is 14.0 Å². The number of alkyl halides is 3. The maximum Gasteiger partial charge on any atom is 0.433 e. The van der Waals surface area contributed by atoms with Crippen molar-refractivity contribution >= 4 is 17.3 Å². The molecular formula is C22H16F3N3O3S. The van der Waals surface area contributed by atoms with E-state index >= 15 is 0 Å². The molecule has 0 aliphatic rings. The van der Waals surface area contributed by atoms with E-state index < -0.39 is 17.8 Å². The zero-order valence-corrected chi connectivity index (χ0v) is 17.7. The number of ether oxygens (including phenoxy) is 2. The molecule has 0 bridgehead atoms. The molecule has 2 heterocycles. The number of carbonyl (C=O) groups is 1. The summed E-state index contributed by atoms with van der Waals surface area (Å²) in [6.45, 7) is 1.29. The molecule has 0 atom stereocenters. The first-order valence-corrected chi connectivity index (χ1v) is 10.2. The average molecular weight is 459 g/mol. The maximum absolute atomic E-state index is 13.7. The molecule has 0 amide bonds. The second-order valence-electron chi connectivity index (χ2n) is 6.69. The van der Waals surface area contributed by atoms with Gasteiger partial charge in [-0.15, -0.1) is 11.3 Å². The smallest absolute Gasteiger partial charge is 0.433 e. The lowest BCUT2D eigenvalue weighted by Gasteiger charge is -2.07. The van der Waals surface area contributed by atoms with Crippen molar-refractivity contribution in [3.63, 3.8) is 0 Å². The molecule has 0 saturated carbocycles. The van der Waals surface area contributed by atoms with E-state index in [0.29, 0.717) is 28.3 Å². The highest BCUT2D eigenvalue weighted by atomic mass is 32.1. The van der Waals surface area contributed by atoms with Gasteiger partial charge < -0.3 is 9.47 Å². The van der Waals surface area contributed by atoms with Crippen molar-refractivity contribution in [2.24, 2.45) is 0 Å². The second kappa shape index (κ2) is 8.46. The Morgan fingerprint density at radius 1 is 0.969 bits per heavy atom. The molecule has 0 spiro atoms. The predicted octanol–water partition coefficient (Wildman–Crippen LogP) is 5.62. The molecular weight excluding hydrogens is 443 g/mol. The van der Waals surface area contributed by atoms with Crippen LogP contribution in [0.5, 0.6) is 11.5 Å². The lowest BCUT2D eigenvalue weighted by atomic mass is 10.1. The minimum absolute atomic E-state index is 0.0798. The monoisotopic (exact) mass is 459 g/mol. The number of hydrogen-bond acceptors (Lipinski definition) is 6. The first-order valence-electron chi connectivity index (χ1n) is 9.31. The zero-order valence-electron chi connectivity index (χ0n) is 16.9. The van der Waals surface area contributed by atoms with Crippen molar-refractivity contribution in [3.05, 3.63) is 65.7 Å². The number of nitrogens with zero attached hydrogens (tertiary/aromatic N) is 3. The molecule has 0 N–H and O–H groups in total. The highest BCUT2D eigenvalue weighted by Gasteiger charge is 2.37. The Bertz CT molecular complexity index is 1250. The fourth-order valence-corrected chi connectivity index (χ4v) is 3.78. The van der Waals surface area contributed by atoms with Gasteiger partial charge in [0, 0.05) is 23.4 Å². The van der Waals surface area contributed by atoms with Crippen LogP contribution in [0.4, 0.5) is 13.2 Å². The molecule has 0 unspecified atom stereocenters. The Morgan fingerprint density at radius 3 is 2.12 bits per heavy atom. The Balaban J connectivity index is 1.69. The quantitative estimate of drug-likeness (QED) is 0.286. The van der Waals surface area contributed by atoms with Crippen molar-refractivity contribution in [3.8, 4) is 39.1 Å². The van der Waals surface area contributed by atoms with Crippen LogP contribution < -0.4 is 9.47 Å². The minimum atomic E-state index is -4.62. The zero-order chi connectivity index (χ0) is 22.9. The van der Waals surface area contributed by atoms with Gasteiger partial charge in [-0.2, -0.15) is 18.3 Å². The van der Waals surface area contributed by atoms with E-state index in [-0.39, 0.29) is 10.8 Å². The average Bonchev–Trinajstić information content (AvgIpc) is 3.41. The lowest BCUT2D eigenvalue weighted by Crippen LogP contribution is -2.13. The number of thiazole rings is 1. The Hall–Kier alpha value is -3.66. The highest BCUT2D eigenvalue weighted by Crippen LogP contribution is 2.36. The maximum atomic E-state index is 13.7. The largest absolute Gasteiger partial charge is 0.497 e. The first kappa shape index (κ1) is 21.6. The summed E-state index contributed by atoms with van der Waals surface area (Å²) < 4.78 is 52.0. The SMILES string of the molecule is COc1ccc(-c2cc(C(F)(F)F)n(-c3nc(-c4ccc(OC(C)=O)cc4)cs3)n2)cc1. The number of carbonyl (C=O) groups excluding carboxylic acids is 1. The number of aromatic nitrogens is 3. The lowest BCUT2D eigenvalue weighted by molar-refractivity contribution is -0.142. The molecule has 6 nitrogen and oxygen atoms in total. The number of benzene rings is 2. The van der Waals surface area contributed by atoms with Crippen LogP contribution in [0.15, 0.2) is 60.0 Å². The summed E-state index contributed by atoms with van der Waals surface area (Å²) in [6, 6.07) is 14.1. The van der Waals surface area contributed by atoms with Gasteiger partial charge in [-0.05, 0) is 54.6 Å². The van der Waals surface area contributed by atoms with Gasteiger partial charge in [0.2, 0.25) is 5.13 Å². The van der Waals surface area contributed by atoms with E-state index in [1.807, 2.05) is 0 Å². The van der Waals surface area contributed by atoms with Crippen molar-refractivity contribution in [1.29, 1.82) is 0 Å². The molecule has 0 fully saturated rings. The third-order valence-corrected chi connectivity index (χ3v) is 5.29. The van der Waals surface area contributed by atoms with Crippen LogP contribution in [0.2, 0.25) is 0 Å². The summed E-state index contributed by atoms with van der Waals surface area (Å²) in [6.07, 6.45) is -4.62. The van der Waals surface area contributed by atoms with E-state index in [0.717, 1.165) is 22.1 Å². The van der Waals surface area contributed by atoms with Crippen LogP contribution >= 0.6 is 11.3 Å².